The van der Waals surface area contributed by atoms with Crippen molar-refractivity contribution < 1.29 is 8.42 Å². The summed E-state index contributed by atoms with van der Waals surface area (Å²) >= 11 is 18.3. The largest absolute Gasteiger partial charge is 0.405 e. The van der Waals surface area contributed by atoms with E-state index in [-0.39, 0.29) is 21.5 Å². The van der Waals surface area contributed by atoms with Gasteiger partial charge in [0, 0.05) is 40.8 Å². The fourth-order valence-electron chi connectivity index (χ4n) is 3.16. The molecule has 0 atom stereocenters. The van der Waals surface area contributed by atoms with Crippen molar-refractivity contribution in [3.8, 4) is 0 Å². The SMILES string of the molecule is [B]C(=CN)C1=NC(NCCCNS(=O)(=O)c2cc(Cl)ccc2Cl)=CC(c2ccccc2Cl)=CC1. The van der Waals surface area contributed by atoms with E-state index in [4.69, 9.17) is 48.4 Å². The van der Waals surface area contributed by atoms with E-state index in [9.17, 15) is 8.42 Å². The predicted molar refractivity (Wildman–Crippen MR) is 142 cm³/mol. The predicted octanol–water partition coefficient (Wildman–Crippen LogP) is 4.64. The molecule has 6 nitrogen and oxygen atoms in total. The Hall–Kier alpha value is -2.23. The first-order valence-corrected chi connectivity index (χ1v) is 12.9. The highest BCUT2D eigenvalue weighted by Crippen LogP contribution is 2.28. The molecule has 1 heterocycles. The quantitative estimate of drug-likeness (QED) is 0.322. The molecule has 0 aromatic heterocycles. The van der Waals surface area contributed by atoms with Gasteiger partial charge < -0.3 is 11.1 Å². The van der Waals surface area contributed by atoms with Crippen molar-refractivity contribution in [2.24, 2.45) is 10.7 Å². The van der Waals surface area contributed by atoms with Crippen molar-refractivity contribution in [3.63, 3.8) is 0 Å². The lowest BCUT2D eigenvalue weighted by atomic mass is 9.89. The van der Waals surface area contributed by atoms with Gasteiger partial charge in [0.2, 0.25) is 10.0 Å². The van der Waals surface area contributed by atoms with Crippen LogP contribution in [-0.4, -0.2) is 35.1 Å². The Morgan fingerprint density at radius 2 is 1.88 bits per heavy atom. The number of rotatable bonds is 9. The van der Waals surface area contributed by atoms with E-state index < -0.39 is 10.0 Å². The summed E-state index contributed by atoms with van der Waals surface area (Å²) < 4.78 is 27.6. The molecule has 1 aliphatic heterocycles. The van der Waals surface area contributed by atoms with Crippen molar-refractivity contribution in [2.75, 3.05) is 13.1 Å². The summed E-state index contributed by atoms with van der Waals surface area (Å²) in [4.78, 5) is 4.53. The molecule has 0 saturated heterocycles. The van der Waals surface area contributed by atoms with Crippen LogP contribution in [0.25, 0.3) is 5.57 Å². The zero-order valence-corrected chi connectivity index (χ0v) is 21.1. The summed E-state index contributed by atoms with van der Waals surface area (Å²) in [7, 11) is 2.20. The average molecular weight is 536 g/mol. The Morgan fingerprint density at radius 1 is 1.12 bits per heavy atom. The Bertz CT molecular complexity index is 1290. The fraction of sp³-hybridized carbons (Fsp3) is 0.174. The van der Waals surface area contributed by atoms with Gasteiger partial charge in [-0.15, -0.1) is 0 Å². The molecule has 0 amide bonds. The van der Waals surface area contributed by atoms with Crippen LogP contribution in [0.3, 0.4) is 0 Å². The van der Waals surface area contributed by atoms with Crippen LogP contribution in [0, 0.1) is 0 Å². The number of hydrogen-bond donors (Lipinski definition) is 3. The van der Waals surface area contributed by atoms with Gasteiger partial charge in [-0.25, -0.2) is 18.1 Å². The average Bonchev–Trinajstić information content (AvgIpc) is 3.03. The maximum absolute atomic E-state index is 12.5. The Kier molecular flexibility index (Phi) is 9.27. The van der Waals surface area contributed by atoms with Crippen LogP contribution in [-0.2, 0) is 10.0 Å². The third kappa shape index (κ3) is 6.90. The number of nitrogens with one attached hydrogen (secondary N) is 2. The molecule has 0 fully saturated rings. The highest BCUT2D eigenvalue weighted by atomic mass is 35.5. The lowest BCUT2D eigenvalue weighted by Gasteiger charge is -2.11. The van der Waals surface area contributed by atoms with Crippen molar-refractivity contribution in [1.82, 2.24) is 10.0 Å². The number of allylic oxidation sites excluding steroid dienone is 4. The van der Waals surface area contributed by atoms with Gasteiger partial charge >= 0.3 is 0 Å². The number of hydrogen-bond acceptors (Lipinski definition) is 5. The Morgan fingerprint density at radius 3 is 2.62 bits per heavy atom. The molecule has 176 valence electrons. The molecular formula is C23H22BCl3N4O2S. The van der Waals surface area contributed by atoms with Crippen molar-refractivity contribution in [3.05, 3.63) is 92.7 Å². The molecule has 2 aromatic rings. The van der Waals surface area contributed by atoms with E-state index in [2.05, 4.69) is 15.0 Å². The minimum absolute atomic E-state index is 0.0612. The summed E-state index contributed by atoms with van der Waals surface area (Å²) in [6.07, 6.45) is 6.11. The molecule has 1 aliphatic rings. The zero-order chi connectivity index (χ0) is 24.7. The van der Waals surface area contributed by atoms with Crippen LogP contribution in [0.4, 0.5) is 0 Å². The smallest absolute Gasteiger partial charge is 0.242 e. The number of nitrogens with zero attached hydrogens (tertiary/aromatic N) is 1. The molecule has 3 rings (SSSR count). The number of nitrogens with two attached hydrogens (primary N) is 1. The molecule has 34 heavy (non-hydrogen) atoms. The Balaban J connectivity index is 1.68. The van der Waals surface area contributed by atoms with Crippen LogP contribution < -0.4 is 15.8 Å². The van der Waals surface area contributed by atoms with Gasteiger partial charge in [-0.1, -0.05) is 64.6 Å². The summed E-state index contributed by atoms with van der Waals surface area (Å²) in [5.74, 6) is 0.559. The maximum atomic E-state index is 12.5. The van der Waals surface area contributed by atoms with Crippen LogP contribution in [0.2, 0.25) is 15.1 Å². The number of benzene rings is 2. The monoisotopic (exact) mass is 534 g/mol. The van der Waals surface area contributed by atoms with Gasteiger partial charge in [0.15, 0.2) is 0 Å². The van der Waals surface area contributed by atoms with E-state index in [1.807, 2.05) is 36.4 Å². The second kappa shape index (κ2) is 12.0. The van der Waals surface area contributed by atoms with Crippen molar-refractivity contribution in [1.29, 1.82) is 0 Å². The second-order valence-corrected chi connectivity index (χ2v) is 10.3. The van der Waals surface area contributed by atoms with Gasteiger partial charge in [0.1, 0.15) is 18.6 Å². The standard InChI is InChI=1S/C23H22BCl3N4O2S/c24-18(14-28)21-9-6-15(17-4-1-2-5-19(17)26)12-23(31-21)29-10-3-11-30-34(32,33)22-13-16(25)7-8-20(22)27/h1-2,4-8,12-14,29-30H,3,9-11,28H2. The normalized spacial score (nSPS) is 14.7. The molecular weight excluding hydrogens is 514 g/mol. The third-order valence-electron chi connectivity index (χ3n) is 4.90. The number of aliphatic imine (C=N–C) groups is 1. The molecule has 2 radical (unpaired) electrons. The van der Waals surface area contributed by atoms with Gasteiger partial charge in [-0.05, 0) is 48.5 Å². The molecule has 2 aromatic carbocycles. The third-order valence-corrected chi connectivity index (χ3v) is 7.40. The van der Waals surface area contributed by atoms with E-state index in [0.29, 0.717) is 41.4 Å². The van der Waals surface area contributed by atoms with Gasteiger partial charge in [-0.3, -0.25) is 0 Å². The Labute approximate surface area is 216 Å². The van der Waals surface area contributed by atoms with E-state index in [0.717, 1.165) is 11.1 Å². The molecule has 0 unspecified atom stereocenters. The molecule has 0 spiro atoms. The first kappa shape index (κ1) is 26.4. The van der Waals surface area contributed by atoms with Gasteiger partial charge in [0.05, 0.1) is 5.02 Å². The van der Waals surface area contributed by atoms with E-state index in [1.165, 1.54) is 24.4 Å². The summed E-state index contributed by atoms with van der Waals surface area (Å²) in [5, 5.41) is 4.22. The minimum Gasteiger partial charge on any atom is -0.405 e. The number of sulfonamides is 1. The first-order valence-electron chi connectivity index (χ1n) is 10.3. The molecule has 0 saturated carbocycles. The van der Waals surface area contributed by atoms with Crippen LogP contribution >= 0.6 is 34.8 Å². The molecule has 0 aliphatic carbocycles. The van der Waals surface area contributed by atoms with Crippen molar-refractivity contribution in [2.45, 2.75) is 17.7 Å². The summed E-state index contributed by atoms with van der Waals surface area (Å²) in [6, 6.07) is 11.8. The lowest BCUT2D eigenvalue weighted by molar-refractivity contribution is 0.577. The lowest BCUT2D eigenvalue weighted by Crippen LogP contribution is -2.27. The topological polar surface area (TPSA) is 96.6 Å². The van der Waals surface area contributed by atoms with Crippen LogP contribution in [0.5, 0.6) is 0 Å². The first-order chi connectivity index (χ1) is 16.2. The van der Waals surface area contributed by atoms with E-state index in [1.54, 1.807) is 0 Å². The maximum Gasteiger partial charge on any atom is 0.242 e. The van der Waals surface area contributed by atoms with E-state index >= 15 is 0 Å². The minimum atomic E-state index is -3.80. The van der Waals surface area contributed by atoms with Gasteiger partial charge in [0.25, 0.3) is 0 Å². The summed E-state index contributed by atoms with van der Waals surface area (Å²) in [6.45, 7) is 0.622. The van der Waals surface area contributed by atoms with Crippen molar-refractivity contribution >= 4 is 64.0 Å². The molecule has 0 bridgehead atoms. The molecule has 11 heteroatoms. The van der Waals surface area contributed by atoms with Crippen LogP contribution in [0.1, 0.15) is 18.4 Å². The number of halogens is 3. The highest BCUT2D eigenvalue weighted by molar-refractivity contribution is 7.89. The van der Waals surface area contributed by atoms with Crippen LogP contribution in [0.15, 0.2) is 82.0 Å². The zero-order valence-electron chi connectivity index (χ0n) is 18.1. The highest BCUT2D eigenvalue weighted by Gasteiger charge is 2.18. The van der Waals surface area contributed by atoms with Gasteiger partial charge in [-0.2, -0.15) is 0 Å². The molecule has 4 N–H and O–H groups in total. The fourth-order valence-corrected chi connectivity index (χ4v) is 5.24. The second-order valence-electron chi connectivity index (χ2n) is 7.31. The summed E-state index contributed by atoms with van der Waals surface area (Å²) in [5.41, 5.74) is 8.31.